The Hall–Kier alpha value is -2.77. The smallest absolute Gasteiger partial charge is 0.272 e. The number of methoxy groups -OCH3 is 1. The molecule has 0 saturated carbocycles. The summed E-state index contributed by atoms with van der Waals surface area (Å²) in [5, 5.41) is 2.75. The third-order valence-electron chi connectivity index (χ3n) is 4.74. The average Bonchev–Trinajstić information content (AvgIpc) is 2.75. The van der Waals surface area contributed by atoms with E-state index in [0.29, 0.717) is 37.5 Å². The zero-order chi connectivity index (χ0) is 19.8. The van der Waals surface area contributed by atoms with Gasteiger partial charge in [-0.15, -0.1) is 0 Å². The molecule has 7 heteroatoms. The number of carbonyl (C=O) groups excluding carboxylic acids is 2. The van der Waals surface area contributed by atoms with E-state index in [1.54, 1.807) is 24.1 Å². The van der Waals surface area contributed by atoms with E-state index in [9.17, 15) is 9.59 Å². The first-order valence-electron chi connectivity index (χ1n) is 9.46. The summed E-state index contributed by atoms with van der Waals surface area (Å²) in [6, 6.07) is 13.5. The Balaban J connectivity index is 1.55. The fraction of sp³-hybridized carbons (Fsp3) is 0.381. The van der Waals surface area contributed by atoms with Gasteiger partial charge in [0.1, 0.15) is 5.69 Å². The standard InChI is InChI=1S/C21H26N4O3/c1-28-14-9-23-20(26)18-7-8-22-19(15-18)21(27)25-12-10-24(11-13-25)16-17-5-3-2-4-6-17/h2-8,15H,9-14,16H2,1H3,(H,23,26). The zero-order valence-electron chi connectivity index (χ0n) is 16.1. The van der Waals surface area contributed by atoms with Crippen LogP contribution in [0.4, 0.5) is 0 Å². The highest BCUT2D eigenvalue weighted by atomic mass is 16.5. The fourth-order valence-corrected chi connectivity index (χ4v) is 3.17. The zero-order valence-corrected chi connectivity index (χ0v) is 16.1. The Morgan fingerprint density at radius 2 is 1.86 bits per heavy atom. The maximum atomic E-state index is 12.8. The monoisotopic (exact) mass is 382 g/mol. The predicted octanol–water partition coefficient (Wildman–Crippen LogP) is 1.42. The van der Waals surface area contributed by atoms with Crippen LogP contribution in [-0.4, -0.2) is 73.0 Å². The maximum absolute atomic E-state index is 12.8. The highest BCUT2D eigenvalue weighted by Crippen LogP contribution is 2.11. The molecule has 2 amide bonds. The molecule has 3 rings (SSSR count). The van der Waals surface area contributed by atoms with Crippen molar-refractivity contribution < 1.29 is 14.3 Å². The van der Waals surface area contributed by atoms with Gasteiger partial charge >= 0.3 is 0 Å². The SMILES string of the molecule is COCCNC(=O)c1ccnc(C(=O)N2CCN(Cc3ccccc3)CC2)c1. The first kappa shape index (κ1) is 20.0. The summed E-state index contributed by atoms with van der Waals surface area (Å²) in [5.74, 6) is -0.368. The first-order valence-corrected chi connectivity index (χ1v) is 9.46. The summed E-state index contributed by atoms with van der Waals surface area (Å²) in [6.07, 6.45) is 1.50. The second kappa shape index (κ2) is 9.96. The molecule has 1 aliphatic heterocycles. The van der Waals surface area contributed by atoms with Crippen LogP contribution in [0.15, 0.2) is 48.7 Å². The summed E-state index contributed by atoms with van der Waals surface area (Å²) in [4.78, 5) is 33.3. The molecule has 28 heavy (non-hydrogen) atoms. The van der Waals surface area contributed by atoms with Crippen molar-refractivity contribution in [3.8, 4) is 0 Å². The van der Waals surface area contributed by atoms with Crippen molar-refractivity contribution in [1.82, 2.24) is 20.1 Å². The topological polar surface area (TPSA) is 74.8 Å². The molecule has 1 fully saturated rings. The molecular weight excluding hydrogens is 356 g/mol. The molecular formula is C21H26N4O3. The molecule has 2 heterocycles. The number of ether oxygens (including phenoxy) is 1. The fourth-order valence-electron chi connectivity index (χ4n) is 3.17. The van der Waals surface area contributed by atoms with Crippen LogP contribution in [0.2, 0.25) is 0 Å². The van der Waals surface area contributed by atoms with Gasteiger partial charge in [0.2, 0.25) is 0 Å². The highest BCUT2D eigenvalue weighted by molar-refractivity contribution is 5.98. The third kappa shape index (κ3) is 5.37. The van der Waals surface area contributed by atoms with Crippen LogP contribution in [0, 0.1) is 0 Å². The average molecular weight is 382 g/mol. The lowest BCUT2D eigenvalue weighted by Gasteiger charge is -2.34. The first-order chi connectivity index (χ1) is 13.7. The molecule has 7 nitrogen and oxygen atoms in total. The molecule has 0 unspecified atom stereocenters. The largest absolute Gasteiger partial charge is 0.383 e. The van der Waals surface area contributed by atoms with Gasteiger partial charge in [0.25, 0.3) is 11.8 Å². The van der Waals surface area contributed by atoms with E-state index in [0.717, 1.165) is 19.6 Å². The number of amides is 2. The van der Waals surface area contributed by atoms with Gasteiger partial charge in [-0.25, -0.2) is 0 Å². The van der Waals surface area contributed by atoms with E-state index in [2.05, 4.69) is 27.3 Å². The Labute approximate surface area is 165 Å². The number of hydrogen-bond donors (Lipinski definition) is 1. The molecule has 1 N–H and O–H groups in total. The van der Waals surface area contributed by atoms with Gasteiger partial charge in [-0.1, -0.05) is 30.3 Å². The number of benzene rings is 1. The van der Waals surface area contributed by atoms with Crippen LogP contribution in [0.5, 0.6) is 0 Å². The minimum atomic E-state index is -0.235. The third-order valence-corrected chi connectivity index (χ3v) is 4.74. The number of hydrogen-bond acceptors (Lipinski definition) is 5. The van der Waals surface area contributed by atoms with Gasteiger partial charge in [-0.05, 0) is 17.7 Å². The number of pyridine rings is 1. The number of piperazine rings is 1. The normalized spacial score (nSPS) is 14.7. The number of nitrogens with zero attached hydrogens (tertiary/aromatic N) is 3. The summed E-state index contributed by atoms with van der Waals surface area (Å²) in [7, 11) is 1.58. The second-order valence-electron chi connectivity index (χ2n) is 6.73. The van der Waals surface area contributed by atoms with Gasteiger partial charge in [0, 0.05) is 58.1 Å². The van der Waals surface area contributed by atoms with Crippen molar-refractivity contribution in [3.63, 3.8) is 0 Å². The lowest BCUT2D eigenvalue weighted by atomic mass is 10.1. The Kier molecular flexibility index (Phi) is 7.11. The van der Waals surface area contributed by atoms with Crippen molar-refractivity contribution in [1.29, 1.82) is 0 Å². The number of carbonyl (C=O) groups is 2. The molecule has 0 aliphatic carbocycles. The van der Waals surface area contributed by atoms with E-state index in [1.807, 2.05) is 18.2 Å². The van der Waals surface area contributed by atoms with Crippen molar-refractivity contribution in [2.75, 3.05) is 46.4 Å². The highest BCUT2D eigenvalue weighted by Gasteiger charge is 2.23. The number of nitrogens with one attached hydrogen (secondary N) is 1. The van der Waals surface area contributed by atoms with Gasteiger partial charge < -0.3 is 15.0 Å². The van der Waals surface area contributed by atoms with Crippen LogP contribution in [0.1, 0.15) is 26.4 Å². The van der Waals surface area contributed by atoms with Crippen molar-refractivity contribution in [3.05, 3.63) is 65.5 Å². The number of rotatable bonds is 7. The van der Waals surface area contributed by atoms with Crippen LogP contribution in [0.3, 0.4) is 0 Å². The lowest BCUT2D eigenvalue weighted by molar-refractivity contribution is 0.0622. The van der Waals surface area contributed by atoms with Crippen molar-refractivity contribution in [2.24, 2.45) is 0 Å². The van der Waals surface area contributed by atoms with Gasteiger partial charge in [0.15, 0.2) is 0 Å². The molecule has 148 valence electrons. The summed E-state index contributed by atoms with van der Waals surface area (Å²) in [5.41, 5.74) is 2.00. The van der Waals surface area contributed by atoms with Crippen LogP contribution in [0.25, 0.3) is 0 Å². The Bertz CT molecular complexity index is 789. The van der Waals surface area contributed by atoms with E-state index in [-0.39, 0.29) is 11.8 Å². The van der Waals surface area contributed by atoms with Crippen molar-refractivity contribution >= 4 is 11.8 Å². The van der Waals surface area contributed by atoms with Crippen molar-refractivity contribution in [2.45, 2.75) is 6.54 Å². The molecule has 0 atom stereocenters. The molecule has 0 spiro atoms. The van der Waals surface area contributed by atoms with Gasteiger partial charge in [0.05, 0.1) is 6.61 Å². The summed E-state index contributed by atoms with van der Waals surface area (Å²) >= 11 is 0. The quantitative estimate of drug-likeness (QED) is 0.733. The molecule has 1 aliphatic rings. The van der Waals surface area contributed by atoms with Crippen LogP contribution < -0.4 is 5.32 Å². The molecule has 1 saturated heterocycles. The number of aromatic nitrogens is 1. The maximum Gasteiger partial charge on any atom is 0.272 e. The minimum absolute atomic E-state index is 0.133. The molecule has 1 aromatic carbocycles. The predicted molar refractivity (Wildman–Crippen MR) is 106 cm³/mol. The van der Waals surface area contributed by atoms with Crippen LogP contribution >= 0.6 is 0 Å². The van der Waals surface area contributed by atoms with E-state index < -0.39 is 0 Å². The Morgan fingerprint density at radius 3 is 2.57 bits per heavy atom. The van der Waals surface area contributed by atoms with Crippen LogP contribution in [-0.2, 0) is 11.3 Å². The van der Waals surface area contributed by atoms with Gasteiger partial charge in [-0.2, -0.15) is 0 Å². The van der Waals surface area contributed by atoms with E-state index in [1.165, 1.54) is 11.8 Å². The van der Waals surface area contributed by atoms with E-state index in [4.69, 9.17) is 4.74 Å². The molecule has 2 aromatic rings. The molecule has 1 aromatic heterocycles. The Morgan fingerprint density at radius 1 is 1.11 bits per heavy atom. The minimum Gasteiger partial charge on any atom is -0.383 e. The lowest BCUT2D eigenvalue weighted by Crippen LogP contribution is -2.48. The van der Waals surface area contributed by atoms with Gasteiger partial charge in [-0.3, -0.25) is 19.5 Å². The second-order valence-corrected chi connectivity index (χ2v) is 6.73. The molecule has 0 bridgehead atoms. The summed E-state index contributed by atoms with van der Waals surface area (Å²) in [6.45, 7) is 4.68. The summed E-state index contributed by atoms with van der Waals surface area (Å²) < 4.78 is 4.92. The molecule has 0 radical (unpaired) electrons. The van der Waals surface area contributed by atoms with E-state index >= 15 is 0 Å².